The van der Waals surface area contributed by atoms with E-state index in [-0.39, 0.29) is 18.6 Å². The molecule has 0 heterocycles. The summed E-state index contributed by atoms with van der Waals surface area (Å²) in [6.07, 6.45) is 0. The van der Waals surface area contributed by atoms with Gasteiger partial charge in [0.2, 0.25) is 0 Å². The van der Waals surface area contributed by atoms with Gasteiger partial charge in [-0.1, -0.05) is 30.3 Å². The molecule has 104 valence electrons. The van der Waals surface area contributed by atoms with Gasteiger partial charge in [-0.3, -0.25) is 9.59 Å². The fourth-order valence-corrected chi connectivity index (χ4v) is 2.19. The summed E-state index contributed by atoms with van der Waals surface area (Å²) in [6.45, 7) is 4.40. The third kappa shape index (κ3) is 2.96. The van der Waals surface area contributed by atoms with E-state index in [9.17, 15) is 9.59 Å². The Morgan fingerprint density at radius 1 is 1.25 bits per heavy atom. The van der Waals surface area contributed by atoms with Crippen LogP contribution in [-0.2, 0) is 16.1 Å². The quantitative estimate of drug-likeness (QED) is 0.851. The summed E-state index contributed by atoms with van der Waals surface area (Å²) in [5.74, 6) is -0.121. The fraction of sp³-hybridized carbons (Fsp3) is 0.250. The summed E-state index contributed by atoms with van der Waals surface area (Å²) in [6, 6.07) is 11.3. The molecule has 0 bridgehead atoms. The lowest BCUT2D eigenvalue weighted by Gasteiger charge is -2.13. The number of carbonyl (C=O) groups excluding carboxylic acids is 2. The number of nitrogens with one attached hydrogen (secondary N) is 1. The van der Waals surface area contributed by atoms with E-state index >= 15 is 0 Å². The Hall–Kier alpha value is -2.36. The Kier molecular flexibility index (Phi) is 4.35. The van der Waals surface area contributed by atoms with Crippen LogP contribution in [0.25, 0.3) is 10.8 Å². The van der Waals surface area contributed by atoms with E-state index < -0.39 is 0 Å². The molecule has 2 aromatic carbocycles. The molecule has 0 aliphatic heterocycles. The van der Waals surface area contributed by atoms with E-state index in [0.717, 1.165) is 16.3 Å². The largest absolute Gasteiger partial charge is 0.463 e. The first-order chi connectivity index (χ1) is 9.63. The third-order valence-corrected chi connectivity index (χ3v) is 2.96. The van der Waals surface area contributed by atoms with Gasteiger partial charge in [0.25, 0.3) is 12.4 Å². The summed E-state index contributed by atoms with van der Waals surface area (Å²) >= 11 is 0. The van der Waals surface area contributed by atoms with Crippen LogP contribution in [-0.4, -0.2) is 18.4 Å². The van der Waals surface area contributed by atoms with Crippen LogP contribution in [0, 0.1) is 0 Å². The van der Waals surface area contributed by atoms with Crippen LogP contribution in [0.15, 0.2) is 36.4 Å². The number of ether oxygens (including phenoxy) is 1. The van der Waals surface area contributed by atoms with Gasteiger partial charge in [-0.25, -0.2) is 0 Å². The number of amides is 1. The molecule has 0 spiro atoms. The first-order valence-electron chi connectivity index (χ1n) is 6.50. The zero-order valence-electron chi connectivity index (χ0n) is 11.6. The van der Waals surface area contributed by atoms with Crippen LogP contribution in [0.5, 0.6) is 0 Å². The third-order valence-electron chi connectivity index (χ3n) is 2.96. The molecule has 2 aromatic rings. The van der Waals surface area contributed by atoms with Crippen molar-refractivity contribution in [2.24, 2.45) is 0 Å². The molecule has 0 unspecified atom stereocenters. The summed E-state index contributed by atoms with van der Waals surface area (Å²) in [7, 11) is 0. The maximum atomic E-state index is 12.3. The number of carbonyl (C=O) groups is 2. The molecule has 0 radical (unpaired) electrons. The molecule has 1 N–H and O–H groups in total. The first-order valence-corrected chi connectivity index (χ1v) is 6.50. The van der Waals surface area contributed by atoms with E-state index in [1.165, 1.54) is 0 Å². The average molecular weight is 271 g/mol. The molecule has 20 heavy (non-hydrogen) atoms. The summed E-state index contributed by atoms with van der Waals surface area (Å²) in [4.78, 5) is 22.7. The van der Waals surface area contributed by atoms with Gasteiger partial charge in [0.1, 0.15) is 6.61 Å². The summed E-state index contributed by atoms with van der Waals surface area (Å²) < 4.78 is 4.83. The molecular formula is C16H17NO3. The minimum Gasteiger partial charge on any atom is -0.463 e. The number of hydrogen-bond acceptors (Lipinski definition) is 3. The van der Waals surface area contributed by atoms with Gasteiger partial charge in [-0.05, 0) is 30.9 Å². The standard InChI is InChI=1S/C16H17NO3/c1-11(2)17-16(19)14-8-4-6-12-5-3-7-13(15(12)14)9-20-10-18/h3-8,10-11H,9H2,1-2H3,(H,17,19). The van der Waals surface area contributed by atoms with Gasteiger partial charge in [-0.15, -0.1) is 0 Å². The normalized spacial score (nSPS) is 10.6. The van der Waals surface area contributed by atoms with Crippen LogP contribution in [0.1, 0.15) is 29.8 Å². The molecule has 4 nitrogen and oxygen atoms in total. The Balaban J connectivity index is 2.53. The number of hydrogen-bond donors (Lipinski definition) is 1. The summed E-state index contributed by atoms with van der Waals surface area (Å²) in [5.41, 5.74) is 1.42. The molecule has 0 fully saturated rings. The van der Waals surface area contributed by atoms with Crippen molar-refractivity contribution >= 4 is 23.2 Å². The minimum atomic E-state index is -0.121. The van der Waals surface area contributed by atoms with Crippen molar-refractivity contribution in [1.82, 2.24) is 5.32 Å². The number of benzene rings is 2. The topological polar surface area (TPSA) is 55.4 Å². The van der Waals surface area contributed by atoms with Crippen molar-refractivity contribution in [3.63, 3.8) is 0 Å². The van der Waals surface area contributed by atoms with Crippen molar-refractivity contribution in [1.29, 1.82) is 0 Å². The lowest BCUT2D eigenvalue weighted by Crippen LogP contribution is -2.30. The molecule has 0 aliphatic rings. The van der Waals surface area contributed by atoms with Crippen LogP contribution in [0.2, 0.25) is 0 Å². The molecule has 0 atom stereocenters. The van der Waals surface area contributed by atoms with Gasteiger partial charge < -0.3 is 10.1 Å². The Bertz CT molecular complexity index is 629. The van der Waals surface area contributed by atoms with E-state index in [0.29, 0.717) is 12.0 Å². The van der Waals surface area contributed by atoms with Gasteiger partial charge in [0.15, 0.2) is 0 Å². The lowest BCUT2D eigenvalue weighted by molar-refractivity contribution is -0.129. The molecule has 1 amide bonds. The summed E-state index contributed by atoms with van der Waals surface area (Å²) in [5, 5.41) is 4.67. The van der Waals surface area contributed by atoms with E-state index in [4.69, 9.17) is 4.74 Å². The first kappa shape index (κ1) is 14.1. The highest BCUT2D eigenvalue weighted by atomic mass is 16.5. The Morgan fingerprint density at radius 3 is 2.60 bits per heavy atom. The molecule has 0 saturated carbocycles. The van der Waals surface area contributed by atoms with Crippen LogP contribution < -0.4 is 5.32 Å². The van der Waals surface area contributed by atoms with Crippen molar-refractivity contribution in [3.05, 3.63) is 47.5 Å². The highest BCUT2D eigenvalue weighted by Crippen LogP contribution is 2.24. The fourth-order valence-electron chi connectivity index (χ4n) is 2.19. The highest BCUT2D eigenvalue weighted by molar-refractivity contribution is 6.08. The lowest BCUT2D eigenvalue weighted by atomic mass is 9.99. The van der Waals surface area contributed by atoms with Gasteiger partial charge in [-0.2, -0.15) is 0 Å². The Morgan fingerprint density at radius 2 is 1.95 bits per heavy atom. The average Bonchev–Trinajstić information content (AvgIpc) is 2.43. The zero-order valence-corrected chi connectivity index (χ0v) is 11.6. The van der Waals surface area contributed by atoms with Gasteiger partial charge in [0, 0.05) is 17.0 Å². The van der Waals surface area contributed by atoms with Crippen molar-refractivity contribution in [3.8, 4) is 0 Å². The SMILES string of the molecule is CC(C)NC(=O)c1cccc2cccc(COC=O)c12. The molecule has 2 rings (SSSR count). The second-order valence-electron chi connectivity index (χ2n) is 4.86. The molecular weight excluding hydrogens is 254 g/mol. The van der Waals surface area contributed by atoms with Crippen LogP contribution >= 0.6 is 0 Å². The molecule has 0 aromatic heterocycles. The molecule has 4 heteroatoms. The van der Waals surface area contributed by atoms with Crippen LogP contribution in [0.4, 0.5) is 0 Å². The second-order valence-corrected chi connectivity index (χ2v) is 4.86. The zero-order chi connectivity index (χ0) is 14.5. The van der Waals surface area contributed by atoms with Gasteiger partial charge in [0.05, 0.1) is 0 Å². The number of rotatable bonds is 5. The van der Waals surface area contributed by atoms with E-state index in [1.807, 2.05) is 44.2 Å². The molecule has 0 saturated heterocycles. The van der Waals surface area contributed by atoms with E-state index in [2.05, 4.69) is 5.32 Å². The van der Waals surface area contributed by atoms with Crippen molar-refractivity contribution in [2.45, 2.75) is 26.5 Å². The number of fused-ring (bicyclic) bond motifs is 1. The monoisotopic (exact) mass is 271 g/mol. The van der Waals surface area contributed by atoms with Crippen molar-refractivity contribution < 1.29 is 14.3 Å². The van der Waals surface area contributed by atoms with Crippen molar-refractivity contribution in [2.75, 3.05) is 0 Å². The molecule has 0 aliphatic carbocycles. The second kappa shape index (κ2) is 6.19. The van der Waals surface area contributed by atoms with E-state index in [1.54, 1.807) is 6.07 Å². The predicted octanol–water partition coefficient (Wildman–Crippen LogP) is 2.65. The van der Waals surface area contributed by atoms with Gasteiger partial charge >= 0.3 is 0 Å². The predicted molar refractivity (Wildman–Crippen MR) is 77.4 cm³/mol. The maximum Gasteiger partial charge on any atom is 0.293 e. The Labute approximate surface area is 117 Å². The highest BCUT2D eigenvalue weighted by Gasteiger charge is 2.13. The van der Waals surface area contributed by atoms with Crippen LogP contribution in [0.3, 0.4) is 0 Å². The minimum absolute atomic E-state index is 0.0659. The smallest absolute Gasteiger partial charge is 0.293 e. The maximum absolute atomic E-state index is 12.3.